The molecule has 0 amide bonds. The third kappa shape index (κ3) is 5.39. The summed E-state index contributed by atoms with van der Waals surface area (Å²) in [6, 6.07) is 19.4. The van der Waals surface area contributed by atoms with Crippen LogP contribution in [0.5, 0.6) is 0 Å². The van der Waals surface area contributed by atoms with E-state index in [0.717, 1.165) is 19.0 Å². The molecule has 0 spiro atoms. The zero-order valence-corrected chi connectivity index (χ0v) is 15.1. The van der Waals surface area contributed by atoms with Crippen LogP contribution in [0.4, 0.5) is 0 Å². The van der Waals surface area contributed by atoms with Crippen molar-refractivity contribution in [3.8, 4) is 0 Å². The summed E-state index contributed by atoms with van der Waals surface area (Å²) < 4.78 is 0. The predicted octanol–water partition coefficient (Wildman–Crippen LogP) is 2.96. The molecule has 0 aliphatic carbocycles. The maximum absolute atomic E-state index is 4.32. The SMILES string of the molecule is CN=C(NCc1ccc(C)cc1)NCC(c1ccccc1)N(C)C. The second-order valence-electron chi connectivity index (χ2n) is 6.18. The molecular weight excluding hydrogens is 296 g/mol. The Morgan fingerprint density at radius 3 is 2.25 bits per heavy atom. The molecule has 0 aliphatic heterocycles. The van der Waals surface area contributed by atoms with Crippen LogP contribution < -0.4 is 10.6 Å². The lowest BCUT2D eigenvalue weighted by Crippen LogP contribution is -2.41. The average Bonchev–Trinajstić information content (AvgIpc) is 2.60. The van der Waals surface area contributed by atoms with Gasteiger partial charge in [-0.05, 0) is 32.1 Å². The summed E-state index contributed by atoms with van der Waals surface area (Å²) in [5, 5.41) is 6.80. The molecule has 0 heterocycles. The Bertz CT molecular complexity index is 632. The van der Waals surface area contributed by atoms with Crippen molar-refractivity contribution in [1.29, 1.82) is 0 Å². The van der Waals surface area contributed by atoms with Gasteiger partial charge in [-0.1, -0.05) is 60.2 Å². The number of hydrogen-bond acceptors (Lipinski definition) is 2. The second kappa shape index (κ2) is 9.08. The van der Waals surface area contributed by atoms with Crippen molar-refractivity contribution in [1.82, 2.24) is 15.5 Å². The summed E-state index contributed by atoms with van der Waals surface area (Å²) in [5.74, 6) is 0.818. The van der Waals surface area contributed by atoms with Crippen molar-refractivity contribution in [2.45, 2.75) is 19.5 Å². The van der Waals surface area contributed by atoms with Gasteiger partial charge in [-0.25, -0.2) is 0 Å². The van der Waals surface area contributed by atoms with Crippen LogP contribution in [0.2, 0.25) is 0 Å². The molecular formula is C20H28N4. The number of rotatable bonds is 6. The summed E-state index contributed by atoms with van der Waals surface area (Å²) in [6.07, 6.45) is 0. The topological polar surface area (TPSA) is 39.7 Å². The minimum absolute atomic E-state index is 0.295. The molecule has 4 nitrogen and oxygen atoms in total. The van der Waals surface area contributed by atoms with E-state index in [1.807, 2.05) is 6.07 Å². The molecule has 1 unspecified atom stereocenters. The molecule has 0 saturated heterocycles. The molecule has 0 saturated carbocycles. The minimum Gasteiger partial charge on any atom is -0.354 e. The van der Waals surface area contributed by atoms with Gasteiger partial charge in [-0.2, -0.15) is 0 Å². The molecule has 2 aromatic rings. The molecule has 2 N–H and O–H groups in total. The first kappa shape index (κ1) is 18.0. The van der Waals surface area contributed by atoms with Gasteiger partial charge in [-0.3, -0.25) is 4.99 Å². The largest absolute Gasteiger partial charge is 0.354 e. The van der Waals surface area contributed by atoms with Gasteiger partial charge >= 0.3 is 0 Å². The van der Waals surface area contributed by atoms with Gasteiger partial charge < -0.3 is 15.5 Å². The number of aryl methyl sites for hydroxylation is 1. The second-order valence-corrected chi connectivity index (χ2v) is 6.18. The molecule has 0 bridgehead atoms. The predicted molar refractivity (Wildman–Crippen MR) is 102 cm³/mol. The molecule has 4 heteroatoms. The van der Waals surface area contributed by atoms with Gasteiger partial charge in [0.05, 0.1) is 6.04 Å². The molecule has 0 radical (unpaired) electrons. The summed E-state index contributed by atoms with van der Waals surface area (Å²) in [6.45, 7) is 3.66. The van der Waals surface area contributed by atoms with Crippen molar-refractivity contribution in [3.05, 3.63) is 71.3 Å². The average molecular weight is 324 g/mol. The Hall–Kier alpha value is -2.33. The molecule has 0 fully saturated rings. The lowest BCUT2D eigenvalue weighted by Gasteiger charge is -2.26. The van der Waals surface area contributed by atoms with Crippen molar-refractivity contribution in [2.24, 2.45) is 4.99 Å². The van der Waals surface area contributed by atoms with Crippen LogP contribution in [0.25, 0.3) is 0 Å². The van der Waals surface area contributed by atoms with E-state index < -0.39 is 0 Å². The monoisotopic (exact) mass is 324 g/mol. The maximum atomic E-state index is 4.32. The first-order valence-corrected chi connectivity index (χ1v) is 8.31. The molecule has 128 valence electrons. The molecule has 1 atom stereocenters. The highest BCUT2D eigenvalue weighted by atomic mass is 15.2. The van der Waals surface area contributed by atoms with Gasteiger partial charge in [0.2, 0.25) is 0 Å². The van der Waals surface area contributed by atoms with E-state index in [4.69, 9.17) is 0 Å². The first-order chi connectivity index (χ1) is 11.6. The van der Waals surface area contributed by atoms with Crippen molar-refractivity contribution >= 4 is 5.96 Å². The van der Waals surface area contributed by atoms with Crippen LogP contribution in [-0.2, 0) is 6.54 Å². The fourth-order valence-electron chi connectivity index (χ4n) is 2.58. The Balaban J connectivity index is 1.91. The third-order valence-corrected chi connectivity index (χ3v) is 4.07. The van der Waals surface area contributed by atoms with Crippen LogP contribution in [0.15, 0.2) is 59.6 Å². The standard InChI is InChI=1S/C20H28N4/c1-16-10-12-17(13-11-16)14-22-20(21-2)23-15-19(24(3)4)18-8-6-5-7-9-18/h5-13,19H,14-15H2,1-4H3,(H2,21,22,23). The molecule has 2 aromatic carbocycles. The van der Waals surface area contributed by atoms with Crippen LogP contribution >= 0.6 is 0 Å². The lowest BCUT2D eigenvalue weighted by atomic mass is 10.1. The quantitative estimate of drug-likeness (QED) is 0.634. The summed E-state index contributed by atoms with van der Waals surface area (Å²) in [4.78, 5) is 6.54. The van der Waals surface area contributed by atoms with E-state index in [0.29, 0.717) is 6.04 Å². The van der Waals surface area contributed by atoms with Gasteiger partial charge in [0.1, 0.15) is 0 Å². The first-order valence-electron chi connectivity index (χ1n) is 8.31. The van der Waals surface area contributed by atoms with Crippen LogP contribution in [0.1, 0.15) is 22.7 Å². The van der Waals surface area contributed by atoms with Crippen LogP contribution in [0.3, 0.4) is 0 Å². The van der Waals surface area contributed by atoms with Gasteiger partial charge in [0, 0.05) is 20.1 Å². The summed E-state index contributed by atoms with van der Waals surface area (Å²) in [7, 11) is 6.00. The Labute approximate surface area is 145 Å². The Kier molecular flexibility index (Phi) is 6.82. The Morgan fingerprint density at radius 2 is 1.67 bits per heavy atom. The number of guanidine groups is 1. The highest BCUT2D eigenvalue weighted by Crippen LogP contribution is 2.16. The number of likely N-dealkylation sites (N-methyl/N-ethyl adjacent to an activating group) is 1. The lowest BCUT2D eigenvalue weighted by molar-refractivity contribution is 0.298. The number of nitrogens with zero attached hydrogens (tertiary/aromatic N) is 2. The van der Waals surface area contributed by atoms with E-state index in [1.54, 1.807) is 7.05 Å². The van der Waals surface area contributed by atoms with E-state index >= 15 is 0 Å². The maximum Gasteiger partial charge on any atom is 0.191 e. The van der Waals surface area contributed by atoms with Crippen molar-refractivity contribution < 1.29 is 0 Å². The highest BCUT2D eigenvalue weighted by Gasteiger charge is 2.14. The van der Waals surface area contributed by atoms with E-state index in [2.05, 4.69) is 90.1 Å². The summed E-state index contributed by atoms with van der Waals surface area (Å²) in [5.41, 5.74) is 3.82. The van der Waals surface area contributed by atoms with Gasteiger partial charge in [-0.15, -0.1) is 0 Å². The van der Waals surface area contributed by atoms with E-state index in [9.17, 15) is 0 Å². The van der Waals surface area contributed by atoms with E-state index in [1.165, 1.54) is 16.7 Å². The fraction of sp³-hybridized carbons (Fsp3) is 0.350. The molecule has 0 aliphatic rings. The normalized spacial score (nSPS) is 13.0. The molecule has 2 rings (SSSR count). The number of aliphatic imine (C=N–C) groups is 1. The van der Waals surface area contributed by atoms with Gasteiger partial charge in [0.15, 0.2) is 5.96 Å². The van der Waals surface area contributed by atoms with Crippen molar-refractivity contribution in [3.63, 3.8) is 0 Å². The van der Waals surface area contributed by atoms with Gasteiger partial charge in [0.25, 0.3) is 0 Å². The minimum atomic E-state index is 0.295. The van der Waals surface area contributed by atoms with E-state index in [-0.39, 0.29) is 0 Å². The number of benzene rings is 2. The number of hydrogen-bond donors (Lipinski definition) is 2. The highest BCUT2D eigenvalue weighted by molar-refractivity contribution is 5.79. The summed E-state index contributed by atoms with van der Waals surface area (Å²) >= 11 is 0. The zero-order chi connectivity index (χ0) is 17.4. The Morgan fingerprint density at radius 1 is 1.00 bits per heavy atom. The third-order valence-electron chi connectivity index (χ3n) is 4.07. The van der Waals surface area contributed by atoms with Crippen molar-refractivity contribution in [2.75, 3.05) is 27.7 Å². The van der Waals surface area contributed by atoms with Crippen LogP contribution in [0, 0.1) is 6.92 Å². The fourth-order valence-corrected chi connectivity index (χ4v) is 2.58. The smallest absolute Gasteiger partial charge is 0.191 e. The zero-order valence-electron chi connectivity index (χ0n) is 15.1. The van der Waals surface area contributed by atoms with Crippen LogP contribution in [-0.4, -0.2) is 38.5 Å². The number of nitrogens with one attached hydrogen (secondary N) is 2. The molecule has 0 aromatic heterocycles. The molecule has 24 heavy (non-hydrogen) atoms.